The lowest BCUT2D eigenvalue weighted by Crippen LogP contribution is -2.24. The largest absolute Gasteiger partial charge is 0.483 e. The number of para-hydroxylation sites is 1. The van der Waals surface area contributed by atoms with E-state index in [2.05, 4.69) is 29.9 Å². The number of aromatic nitrogens is 2. The fraction of sp³-hybridized carbons (Fsp3) is 0.375. The average Bonchev–Trinajstić information content (AvgIpc) is 2.74. The lowest BCUT2D eigenvalue weighted by Gasteiger charge is -2.18. The minimum atomic E-state index is -0.210. The first-order valence-corrected chi connectivity index (χ1v) is 7.36. The number of halogens is 1. The molecule has 0 atom stereocenters. The number of hydrogen-bond acceptors (Lipinski definition) is 4. The number of nitrogens with zero attached hydrogens (tertiary/aromatic N) is 2. The molecule has 4 nitrogen and oxygen atoms in total. The molecule has 0 saturated carbocycles. The van der Waals surface area contributed by atoms with Crippen LogP contribution in [0.5, 0.6) is 17.4 Å². The zero-order valence-electron chi connectivity index (χ0n) is 12.3. The van der Waals surface area contributed by atoms with Crippen molar-refractivity contribution in [1.82, 2.24) is 9.97 Å². The summed E-state index contributed by atoms with van der Waals surface area (Å²) in [6.45, 7) is 6.12. The van der Waals surface area contributed by atoms with E-state index in [4.69, 9.17) is 21.1 Å². The SMILES string of the molecule is CCc1c(Cl)ncnc1Oc1cccc2c1OC(C)(C)C2. The van der Waals surface area contributed by atoms with Crippen LogP contribution in [0, 0.1) is 0 Å². The predicted octanol–water partition coefficient (Wildman–Crippen LogP) is 4.20. The molecule has 0 bridgehead atoms. The van der Waals surface area contributed by atoms with Gasteiger partial charge < -0.3 is 9.47 Å². The Balaban J connectivity index is 1.98. The molecule has 21 heavy (non-hydrogen) atoms. The Labute approximate surface area is 129 Å². The van der Waals surface area contributed by atoms with Gasteiger partial charge in [0.1, 0.15) is 17.1 Å². The maximum absolute atomic E-state index is 6.10. The number of ether oxygens (including phenoxy) is 2. The molecule has 2 heterocycles. The van der Waals surface area contributed by atoms with Crippen LogP contribution in [0.3, 0.4) is 0 Å². The van der Waals surface area contributed by atoms with Crippen molar-refractivity contribution in [3.63, 3.8) is 0 Å². The third kappa shape index (κ3) is 2.68. The van der Waals surface area contributed by atoms with Gasteiger partial charge in [-0.3, -0.25) is 0 Å². The number of rotatable bonds is 3. The van der Waals surface area contributed by atoms with Crippen LogP contribution in [-0.2, 0) is 12.8 Å². The molecular weight excluding hydrogens is 288 g/mol. The van der Waals surface area contributed by atoms with E-state index in [1.807, 2.05) is 19.1 Å². The predicted molar refractivity (Wildman–Crippen MR) is 81.3 cm³/mol. The van der Waals surface area contributed by atoms with Gasteiger partial charge >= 0.3 is 0 Å². The van der Waals surface area contributed by atoms with Gasteiger partial charge in [0, 0.05) is 12.0 Å². The average molecular weight is 305 g/mol. The number of hydrogen-bond donors (Lipinski definition) is 0. The van der Waals surface area contributed by atoms with Crippen LogP contribution in [0.4, 0.5) is 0 Å². The number of fused-ring (bicyclic) bond motifs is 1. The normalized spacial score (nSPS) is 15.4. The monoisotopic (exact) mass is 304 g/mol. The minimum Gasteiger partial charge on any atom is -0.483 e. The Morgan fingerprint density at radius 1 is 1.33 bits per heavy atom. The summed E-state index contributed by atoms with van der Waals surface area (Å²) in [6.07, 6.45) is 2.98. The Morgan fingerprint density at radius 3 is 2.90 bits per heavy atom. The quantitative estimate of drug-likeness (QED) is 0.797. The summed E-state index contributed by atoms with van der Waals surface area (Å²) in [5, 5.41) is 0.427. The van der Waals surface area contributed by atoms with E-state index in [9.17, 15) is 0 Å². The smallest absolute Gasteiger partial charge is 0.227 e. The van der Waals surface area contributed by atoms with Crippen molar-refractivity contribution in [3.8, 4) is 17.4 Å². The highest BCUT2D eigenvalue weighted by atomic mass is 35.5. The number of benzene rings is 1. The Hall–Kier alpha value is -1.81. The second kappa shape index (κ2) is 5.19. The van der Waals surface area contributed by atoms with E-state index < -0.39 is 0 Å². The van der Waals surface area contributed by atoms with Crippen LogP contribution in [0.25, 0.3) is 0 Å². The Bertz CT molecular complexity index is 686. The van der Waals surface area contributed by atoms with Crippen molar-refractivity contribution in [2.24, 2.45) is 0 Å². The van der Waals surface area contributed by atoms with E-state index in [0.717, 1.165) is 23.3 Å². The highest BCUT2D eigenvalue weighted by Crippen LogP contribution is 2.43. The van der Waals surface area contributed by atoms with Gasteiger partial charge in [-0.2, -0.15) is 0 Å². The lowest BCUT2D eigenvalue weighted by atomic mass is 10.0. The van der Waals surface area contributed by atoms with Crippen LogP contribution >= 0.6 is 11.6 Å². The van der Waals surface area contributed by atoms with Gasteiger partial charge in [-0.25, -0.2) is 9.97 Å². The standard InChI is InChI=1S/C16H17ClN2O2/c1-4-11-14(17)18-9-19-15(11)20-12-7-5-6-10-8-16(2,3)21-13(10)12/h5-7,9H,4,8H2,1-3H3. The minimum absolute atomic E-state index is 0.210. The summed E-state index contributed by atoms with van der Waals surface area (Å²) in [5.41, 5.74) is 1.74. The zero-order chi connectivity index (χ0) is 15.0. The third-order valence-electron chi connectivity index (χ3n) is 3.47. The van der Waals surface area contributed by atoms with Gasteiger partial charge in [-0.1, -0.05) is 30.7 Å². The molecule has 1 aliphatic heterocycles. The molecule has 0 aliphatic carbocycles. The van der Waals surface area contributed by atoms with Crippen molar-refractivity contribution in [2.45, 2.75) is 39.2 Å². The van der Waals surface area contributed by atoms with Crippen molar-refractivity contribution in [1.29, 1.82) is 0 Å². The second-order valence-electron chi connectivity index (χ2n) is 5.69. The van der Waals surface area contributed by atoms with Gasteiger partial charge in [0.15, 0.2) is 11.5 Å². The topological polar surface area (TPSA) is 44.2 Å². The van der Waals surface area contributed by atoms with E-state index >= 15 is 0 Å². The fourth-order valence-electron chi connectivity index (χ4n) is 2.53. The highest BCUT2D eigenvalue weighted by molar-refractivity contribution is 6.30. The molecule has 1 aromatic heterocycles. The van der Waals surface area contributed by atoms with Crippen LogP contribution in [-0.4, -0.2) is 15.6 Å². The van der Waals surface area contributed by atoms with Gasteiger partial charge in [0.05, 0.1) is 5.56 Å². The van der Waals surface area contributed by atoms with Gasteiger partial charge in [-0.05, 0) is 26.3 Å². The molecule has 0 unspecified atom stereocenters. The van der Waals surface area contributed by atoms with Crippen LogP contribution < -0.4 is 9.47 Å². The summed E-state index contributed by atoms with van der Waals surface area (Å²) >= 11 is 6.10. The van der Waals surface area contributed by atoms with Crippen molar-refractivity contribution < 1.29 is 9.47 Å². The summed E-state index contributed by atoms with van der Waals surface area (Å²) in [6, 6.07) is 5.91. The van der Waals surface area contributed by atoms with Crippen molar-refractivity contribution >= 4 is 11.6 Å². The summed E-state index contributed by atoms with van der Waals surface area (Å²) < 4.78 is 12.0. The van der Waals surface area contributed by atoms with Crippen LogP contribution in [0.1, 0.15) is 31.9 Å². The molecule has 3 rings (SSSR count). The van der Waals surface area contributed by atoms with E-state index in [0.29, 0.717) is 23.2 Å². The highest BCUT2D eigenvalue weighted by Gasteiger charge is 2.32. The van der Waals surface area contributed by atoms with Crippen LogP contribution in [0.2, 0.25) is 5.15 Å². The third-order valence-corrected chi connectivity index (χ3v) is 3.79. The Morgan fingerprint density at radius 2 is 2.14 bits per heavy atom. The first-order chi connectivity index (χ1) is 10.00. The molecule has 0 spiro atoms. The first-order valence-electron chi connectivity index (χ1n) is 6.98. The van der Waals surface area contributed by atoms with Gasteiger partial charge in [0.2, 0.25) is 5.88 Å². The Kier molecular flexibility index (Phi) is 3.49. The van der Waals surface area contributed by atoms with E-state index in [1.165, 1.54) is 6.33 Å². The maximum atomic E-state index is 6.10. The molecule has 0 fully saturated rings. The molecule has 110 valence electrons. The summed E-state index contributed by atoms with van der Waals surface area (Å²) in [5.74, 6) is 1.95. The first kappa shape index (κ1) is 14.1. The zero-order valence-corrected chi connectivity index (χ0v) is 13.1. The molecule has 0 amide bonds. The fourth-order valence-corrected chi connectivity index (χ4v) is 2.79. The summed E-state index contributed by atoms with van der Waals surface area (Å²) in [4.78, 5) is 8.19. The van der Waals surface area contributed by atoms with Crippen molar-refractivity contribution in [2.75, 3.05) is 0 Å². The molecule has 5 heteroatoms. The molecule has 2 aromatic rings. The molecule has 0 N–H and O–H groups in total. The van der Waals surface area contributed by atoms with Gasteiger partial charge in [-0.15, -0.1) is 0 Å². The maximum Gasteiger partial charge on any atom is 0.227 e. The summed E-state index contributed by atoms with van der Waals surface area (Å²) in [7, 11) is 0. The van der Waals surface area contributed by atoms with Gasteiger partial charge in [0.25, 0.3) is 0 Å². The molecule has 0 radical (unpaired) electrons. The second-order valence-corrected chi connectivity index (χ2v) is 6.04. The molecular formula is C16H17ClN2O2. The van der Waals surface area contributed by atoms with Crippen LogP contribution in [0.15, 0.2) is 24.5 Å². The van der Waals surface area contributed by atoms with Crippen molar-refractivity contribution in [3.05, 3.63) is 40.8 Å². The molecule has 1 aromatic carbocycles. The molecule has 1 aliphatic rings. The lowest BCUT2D eigenvalue weighted by molar-refractivity contribution is 0.135. The van der Waals surface area contributed by atoms with E-state index in [-0.39, 0.29) is 5.60 Å². The molecule has 0 saturated heterocycles. The van der Waals surface area contributed by atoms with E-state index in [1.54, 1.807) is 0 Å².